The molecule has 2 aliphatic heterocycles. The van der Waals surface area contributed by atoms with Gasteiger partial charge in [-0.3, -0.25) is 9.59 Å². The smallest absolute Gasteiger partial charge is 0.299 e. The fourth-order valence-corrected chi connectivity index (χ4v) is 2.69. The topological polar surface area (TPSA) is 173 Å². The molecule has 30 heavy (non-hydrogen) atoms. The van der Waals surface area contributed by atoms with Crippen LogP contribution in [0.3, 0.4) is 0 Å². The molecular formula is C18H24N6O6. The van der Waals surface area contributed by atoms with E-state index in [1.54, 1.807) is 27.7 Å². The van der Waals surface area contributed by atoms with E-state index in [1.807, 2.05) is 0 Å². The fraction of sp³-hybridized carbons (Fsp3) is 0.500. The number of nitrogens with one attached hydrogen (secondary N) is 1. The van der Waals surface area contributed by atoms with E-state index in [0.717, 1.165) is 0 Å². The molecule has 2 saturated heterocycles. The first-order valence-electron chi connectivity index (χ1n) is 9.12. The summed E-state index contributed by atoms with van der Waals surface area (Å²) in [6.07, 6.45) is 2.15. The average Bonchev–Trinajstić information content (AvgIpc) is 3.19. The number of hydrogen-bond donors (Lipinski definition) is 3. The molecule has 5 N–H and O–H groups in total. The SMILES string of the molecule is CC1(C)OC/C(=C/NC(=O)c2nc(N)c(C(=O)N=CC3COC(C)(C)O3)nc2N)O1. The van der Waals surface area contributed by atoms with E-state index in [1.165, 1.54) is 12.4 Å². The summed E-state index contributed by atoms with van der Waals surface area (Å²) in [6, 6.07) is 0. The van der Waals surface area contributed by atoms with Crippen LogP contribution in [0.5, 0.6) is 0 Å². The summed E-state index contributed by atoms with van der Waals surface area (Å²) in [5.74, 6) is -3.09. The van der Waals surface area contributed by atoms with Gasteiger partial charge in [-0.05, 0) is 13.8 Å². The van der Waals surface area contributed by atoms with E-state index in [0.29, 0.717) is 5.76 Å². The minimum atomic E-state index is -0.771. The van der Waals surface area contributed by atoms with Crippen molar-refractivity contribution in [2.75, 3.05) is 24.7 Å². The third-order valence-electron chi connectivity index (χ3n) is 4.06. The van der Waals surface area contributed by atoms with Crippen molar-refractivity contribution >= 4 is 29.7 Å². The summed E-state index contributed by atoms with van der Waals surface area (Å²) < 4.78 is 21.8. The largest absolute Gasteiger partial charge is 0.463 e. The number of rotatable bonds is 4. The molecule has 2 amide bonds. The second kappa shape index (κ2) is 7.97. The van der Waals surface area contributed by atoms with Crippen LogP contribution >= 0.6 is 0 Å². The summed E-state index contributed by atoms with van der Waals surface area (Å²) in [5.41, 5.74) is 11.1. The van der Waals surface area contributed by atoms with Gasteiger partial charge in [-0.15, -0.1) is 0 Å². The van der Waals surface area contributed by atoms with E-state index < -0.39 is 29.5 Å². The highest BCUT2D eigenvalue weighted by Crippen LogP contribution is 2.24. The van der Waals surface area contributed by atoms with E-state index in [-0.39, 0.29) is 36.2 Å². The lowest BCUT2D eigenvalue weighted by atomic mass is 10.3. The van der Waals surface area contributed by atoms with Gasteiger partial charge < -0.3 is 35.7 Å². The molecule has 2 fully saturated rings. The predicted molar refractivity (Wildman–Crippen MR) is 105 cm³/mol. The summed E-state index contributed by atoms with van der Waals surface area (Å²) in [7, 11) is 0. The first kappa shape index (κ1) is 21.6. The fourth-order valence-electron chi connectivity index (χ4n) is 2.69. The van der Waals surface area contributed by atoms with Gasteiger partial charge in [0.2, 0.25) is 5.79 Å². The predicted octanol–water partition coefficient (Wildman–Crippen LogP) is 0.358. The average molecular weight is 420 g/mol. The Balaban J connectivity index is 1.68. The second-order valence-corrected chi connectivity index (χ2v) is 7.52. The monoisotopic (exact) mass is 420 g/mol. The molecule has 2 aliphatic rings. The molecule has 0 aliphatic carbocycles. The molecule has 0 saturated carbocycles. The van der Waals surface area contributed by atoms with E-state index in [4.69, 9.17) is 30.4 Å². The van der Waals surface area contributed by atoms with Crippen molar-refractivity contribution in [1.82, 2.24) is 15.3 Å². The molecule has 12 nitrogen and oxygen atoms in total. The van der Waals surface area contributed by atoms with Gasteiger partial charge >= 0.3 is 0 Å². The Morgan fingerprint density at radius 1 is 1.10 bits per heavy atom. The molecule has 0 bridgehead atoms. The van der Waals surface area contributed by atoms with Crippen molar-refractivity contribution in [3.63, 3.8) is 0 Å². The zero-order chi connectivity index (χ0) is 22.1. The van der Waals surface area contributed by atoms with Gasteiger partial charge in [0, 0.05) is 26.3 Å². The molecule has 1 unspecified atom stereocenters. The Morgan fingerprint density at radius 2 is 1.77 bits per heavy atom. The molecular weight excluding hydrogens is 396 g/mol. The van der Waals surface area contributed by atoms with Crippen LogP contribution in [0.1, 0.15) is 48.7 Å². The van der Waals surface area contributed by atoms with E-state index in [9.17, 15) is 9.59 Å². The molecule has 1 aromatic heterocycles. The van der Waals surface area contributed by atoms with Gasteiger partial charge in [-0.1, -0.05) is 0 Å². The first-order chi connectivity index (χ1) is 14.0. The third-order valence-corrected chi connectivity index (χ3v) is 4.06. The standard InChI is InChI=1S/C18H24N6O6/c1-17(2)27-7-9(29-17)5-21-15(25)11-13(19)24-12(14(20)23-11)16(26)22-6-10-8-28-18(3,4)30-10/h5-6,9H,7-8H2,1-4H3,(H2,20,23)(H2,19,24)(H,22,26)/b10-6-,21-5?. The van der Waals surface area contributed by atoms with E-state index in [2.05, 4.69) is 20.3 Å². The molecule has 0 radical (unpaired) electrons. The third kappa shape index (κ3) is 5.09. The van der Waals surface area contributed by atoms with Crippen LogP contribution < -0.4 is 16.8 Å². The van der Waals surface area contributed by atoms with Gasteiger partial charge in [-0.2, -0.15) is 0 Å². The van der Waals surface area contributed by atoms with Crippen molar-refractivity contribution in [2.45, 2.75) is 45.4 Å². The van der Waals surface area contributed by atoms with Crippen LogP contribution in [0.25, 0.3) is 0 Å². The Labute approximate surface area is 172 Å². The normalized spacial score (nSPS) is 23.6. The molecule has 0 spiro atoms. The van der Waals surface area contributed by atoms with Crippen molar-refractivity contribution in [3.05, 3.63) is 23.3 Å². The molecule has 1 atom stereocenters. The van der Waals surface area contributed by atoms with Crippen molar-refractivity contribution < 1.29 is 28.5 Å². The number of carbonyl (C=O) groups is 2. The number of anilines is 2. The van der Waals surface area contributed by atoms with Gasteiger partial charge in [0.1, 0.15) is 18.5 Å². The molecule has 3 heterocycles. The lowest BCUT2D eigenvalue weighted by Crippen LogP contribution is -2.24. The van der Waals surface area contributed by atoms with Crippen LogP contribution in [-0.2, 0) is 18.9 Å². The number of aliphatic imine (C=N–C) groups is 1. The number of carbonyl (C=O) groups excluding carboxylic acids is 2. The van der Waals surface area contributed by atoms with Crippen LogP contribution in [0.2, 0.25) is 0 Å². The Morgan fingerprint density at radius 3 is 2.37 bits per heavy atom. The number of ether oxygens (including phenoxy) is 4. The number of amides is 2. The zero-order valence-corrected chi connectivity index (χ0v) is 17.1. The van der Waals surface area contributed by atoms with Gasteiger partial charge in [0.05, 0.1) is 6.61 Å². The Hall–Kier alpha value is -3.09. The maximum absolute atomic E-state index is 12.3. The Bertz CT molecular complexity index is 926. The minimum absolute atomic E-state index is 0.203. The maximum Gasteiger partial charge on any atom is 0.299 e. The molecule has 162 valence electrons. The van der Waals surface area contributed by atoms with Crippen molar-refractivity contribution in [1.29, 1.82) is 0 Å². The molecule has 0 aromatic carbocycles. The number of nitrogens with zero attached hydrogens (tertiary/aromatic N) is 3. The number of nitrogen functional groups attached to an aromatic ring is 2. The van der Waals surface area contributed by atoms with Crippen molar-refractivity contribution in [2.24, 2.45) is 4.99 Å². The Kier molecular flexibility index (Phi) is 5.74. The molecule has 1 aromatic rings. The number of hydrogen-bond acceptors (Lipinski definition) is 10. The van der Waals surface area contributed by atoms with Gasteiger partial charge in [0.25, 0.3) is 11.8 Å². The lowest BCUT2D eigenvalue weighted by molar-refractivity contribution is -0.130. The zero-order valence-electron chi connectivity index (χ0n) is 17.1. The van der Waals surface area contributed by atoms with Crippen LogP contribution in [0, 0.1) is 0 Å². The highest BCUT2D eigenvalue weighted by molar-refractivity contribution is 6.03. The minimum Gasteiger partial charge on any atom is -0.463 e. The first-order valence-corrected chi connectivity index (χ1v) is 9.12. The van der Waals surface area contributed by atoms with Crippen LogP contribution in [-0.4, -0.2) is 58.9 Å². The summed E-state index contributed by atoms with van der Waals surface area (Å²) in [4.78, 5) is 36.2. The van der Waals surface area contributed by atoms with E-state index >= 15 is 0 Å². The summed E-state index contributed by atoms with van der Waals surface area (Å²) in [5, 5.41) is 2.48. The van der Waals surface area contributed by atoms with Gasteiger partial charge in [0.15, 0.2) is 28.8 Å². The lowest BCUT2D eigenvalue weighted by Gasteiger charge is -2.15. The number of nitrogens with two attached hydrogens (primary N) is 2. The molecule has 3 rings (SSSR count). The summed E-state index contributed by atoms with van der Waals surface area (Å²) >= 11 is 0. The quantitative estimate of drug-likeness (QED) is 0.577. The summed E-state index contributed by atoms with van der Waals surface area (Å²) in [6.45, 7) is 7.44. The van der Waals surface area contributed by atoms with Crippen LogP contribution in [0.4, 0.5) is 11.6 Å². The second-order valence-electron chi connectivity index (χ2n) is 7.52. The molecule has 12 heteroatoms. The highest BCUT2D eigenvalue weighted by Gasteiger charge is 2.32. The maximum atomic E-state index is 12.3. The highest BCUT2D eigenvalue weighted by atomic mass is 16.7. The van der Waals surface area contributed by atoms with Crippen LogP contribution in [0.15, 0.2) is 17.0 Å². The van der Waals surface area contributed by atoms with Crippen molar-refractivity contribution in [3.8, 4) is 0 Å². The van der Waals surface area contributed by atoms with Gasteiger partial charge in [-0.25, -0.2) is 15.0 Å². The number of aromatic nitrogens is 2.